The number of carbonyl (C=O) groups is 2. The highest BCUT2D eigenvalue weighted by Gasteiger charge is 2.21. The Kier molecular flexibility index (Phi) is 9.61. The van der Waals surface area contributed by atoms with Crippen LogP contribution in [0.25, 0.3) is 6.08 Å². The quantitative estimate of drug-likeness (QED) is 0.443. The molecule has 2 aromatic carbocycles. The molecule has 7 heteroatoms. The fourth-order valence-electron chi connectivity index (χ4n) is 2.56. The summed E-state index contributed by atoms with van der Waals surface area (Å²) in [4.78, 5) is 24.7. The lowest BCUT2D eigenvalue weighted by atomic mass is 10.0. The molecule has 0 aromatic heterocycles. The number of hydrogen-bond donors (Lipinski definition) is 2. The normalized spacial score (nSPS) is 12.3. The highest BCUT2D eigenvalue weighted by Crippen LogP contribution is 2.15. The van der Waals surface area contributed by atoms with Crippen LogP contribution in [-0.2, 0) is 9.59 Å². The highest BCUT2D eigenvalue weighted by atomic mass is 35.5. The van der Waals surface area contributed by atoms with Crippen LogP contribution >= 0.6 is 11.6 Å². The standard InChI is InChI=1S/C23H26ClN3O3/c1-17(2)15-21(26-22(28)16-30-20-12-10-19(24)11-13-20)23(29)27-25-14-6-9-18-7-4-3-5-8-18/h3-14,17,21H,15-16H2,1-2H3,(H,26,28)(H,27,29)/b9-6+,25-14-/t21-/m0/s1. The van der Waals surface area contributed by atoms with E-state index in [2.05, 4.69) is 15.8 Å². The zero-order valence-electron chi connectivity index (χ0n) is 17.0. The van der Waals surface area contributed by atoms with Crippen molar-refractivity contribution in [2.45, 2.75) is 26.3 Å². The highest BCUT2D eigenvalue weighted by molar-refractivity contribution is 6.30. The molecule has 2 aromatic rings. The zero-order chi connectivity index (χ0) is 21.8. The van der Waals surface area contributed by atoms with Gasteiger partial charge < -0.3 is 10.1 Å². The first-order valence-corrected chi connectivity index (χ1v) is 10.0. The van der Waals surface area contributed by atoms with Crippen molar-refractivity contribution in [2.24, 2.45) is 11.0 Å². The number of nitrogens with one attached hydrogen (secondary N) is 2. The van der Waals surface area contributed by atoms with Crippen molar-refractivity contribution < 1.29 is 14.3 Å². The Morgan fingerprint density at radius 3 is 2.47 bits per heavy atom. The summed E-state index contributed by atoms with van der Waals surface area (Å²) >= 11 is 5.82. The smallest absolute Gasteiger partial charge is 0.262 e. The van der Waals surface area contributed by atoms with Crippen LogP contribution in [0.5, 0.6) is 5.75 Å². The van der Waals surface area contributed by atoms with Crippen molar-refractivity contribution in [3.63, 3.8) is 0 Å². The molecule has 0 heterocycles. The molecule has 6 nitrogen and oxygen atoms in total. The van der Waals surface area contributed by atoms with E-state index >= 15 is 0 Å². The summed E-state index contributed by atoms with van der Waals surface area (Å²) in [6.07, 6.45) is 5.57. The van der Waals surface area contributed by atoms with Crippen LogP contribution in [0.15, 0.2) is 65.8 Å². The van der Waals surface area contributed by atoms with Crippen molar-refractivity contribution >= 4 is 35.7 Å². The zero-order valence-corrected chi connectivity index (χ0v) is 17.8. The number of hydrazone groups is 1. The molecule has 0 spiro atoms. The van der Waals surface area contributed by atoms with Gasteiger partial charge in [-0.3, -0.25) is 9.59 Å². The lowest BCUT2D eigenvalue weighted by Crippen LogP contribution is -2.47. The lowest BCUT2D eigenvalue weighted by Gasteiger charge is -2.19. The van der Waals surface area contributed by atoms with Crippen LogP contribution in [0.1, 0.15) is 25.8 Å². The Labute approximate surface area is 182 Å². The second kappa shape index (κ2) is 12.4. The number of ether oxygens (including phenoxy) is 1. The molecule has 2 N–H and O–H groups in total. The molecular weight excluding hydrogens is 402 g/mol. The molecule has 0 aliphatic heterocycles. The summed E-state index contributed by atoms with van der Waals surface area (Å²) in [6.45, 7) is 3.75. The van der Waals surface area contributed by atoms with Crippen molar-refractivity contribution in [1.29, 1.82) is 0 Å². The lowest BCUT2D eigenvalue weighted by molar-refractivity contribution is -0.130. The van der Waals surface area contributed by atoms with E-state index in [-0.39, 0.29) is 18.4 Å². The number of rotatable bonds is 10. The minimum Gasteiger partial charge on any atom is -0.484 e. The minimum absolute atomic E-state index is 0.202. The first-order valence-electron chi connectivity index (χ1n) is 9.66. The number of benzene rings is 2. The van der Waals surface area contributed by atoms with Gasteiger partial charge in [0, 0.05) is 11.2 Å². The van der Waals surface area contributed by atoms with Crippen LogP contribution in [0.4, 0.5) is 0 Å². The first-order chi connectivity index (χ1) is 14.4. The molecule has 30 heavy (non-hydrogen) atoms. The van der Waals surface area contributed by atoms with Gasteiger partial charge in [-0.15, -0.1) is 0 Å². The van der Waals surface area contributed by atoms with E-state index < -0.39 is 11.9 Å². The fraction of sp³-hybridized carbons (Fsp3) is 0.261. The molecule has 0 aliphatic carbocycles. The molecule has 0 saturated heterocycles. The van der Waals surface area contributed by atoms with Gasteiger partial charge >= 0.3 is 0 Å². The topological polar surface area (TPSA) is 79.8 Å². The molecule has 1 atom stereocenters. The number of allylic oxidation sites excluding steroid dienone is 1. The second-order valence-electron chi connectivity index (χ2n) is 7.02. The van der Waals surface area contributed by atoms with E-state index in [9.17, 15) is 9.59 Å². The average Bonchev–Trinajstić information content (AvgIpc) is 2.73. The van der Waals surface area contributed by atoms with E-state index in [4.69, 9.17) is 16.3 Å². The van der Waals surface area contributed by atoms with Gasteiger partial charge in [-0.2, -0.15) is 5.10 Å². The second-order valence-corrected chi connectivity index (χ2v) is 7.45. The minimum atomic E-state index is -0.707. The van der Waals surface area contributed by atoms with Crippen LogP contribution in [-0.4, -0.2) is 30.7 Å². The van der Waals surface area contributed by atoms with Crippen molar-refractivity contribution in [1.82, 2.24) is 10.7 Å². The van der Waals surface area contributed by atoms with E-state index in [1.54, 1.807) is 30.3 Å². The molecule has 0 aliphatic rings. The Balaban J connectivity index is 1.84. The maximum absolute atomic E-state index is 12.4. The largest absolute Gasteiger partial charge is 0.484 e. The molecule has 0 radical (unpaired) electrons. The number of amides is 2. The summed E-state index contributed by atoms with van der Waals surface area (Å²) < 4.78 is 5.42. The third-order valence-corrected chi connectivity index (χ3v) is 4.22. The van der Waals surface area contributed by atoms with Gasteiger partial charge in [0.2, 0.25) is 0 Å². The summed E-state index contributed by atoms with van der Waals surface area (Å²) in [5.41, 5.74) is 3.50. The van der Waals surface area contributed by atoms with Crippen LogP contribution < -0.4 is 15.5 Å². The van der Waals surface area contributed by atoms with Crippen molar-refractivity contribution in [3.8, 4) is 5.75 Å². The number of nitrogens with zero attached hydrogens (tertiary/aromatic N) is 1. The van der Waals surface area contributed by atoms with Gasteiger partial charge in [0.1, 0.15) is 11.8 Å². The molecule has 158 valence electrons. The van der Waals surface area contributed by atoms with E-state index in [1.165, 1.54) is 6.21 Å². The maximum atomic E-state index is 12.4. The first kappa shape index (κ1) is 23.2. The molecule has 0 fully saturated rings. The predicted octanol–water partition coefficient (Wildman–Crippen LogP) is 4.07. The number of halogens is 1. The fourth-order valence-corrected chi connectivity index (χ4v) is 2.68. The van der Waals surface area contributed by atoms with Crippen LogP contribution in [0.2, 0.25) is 5.02 Å². The van der Waals surface area contributed by atoms with E-state index in [1.807, 2.05) is 50.3 Å². The summed E-state index contributed by atoms with van der Waals surface area (Å²) in [5.74, 6) is -0.0407. The summed E-state index contributed by atoms with van der Waals surface area (Å²) in [7, 11) is 0. The number of hydrogen-bond acceptors (Lipinski definition) is 4. The Morgan fingerprint density at radius 1 is 1.10 bits per heavy atom. The summed E-state index contributed by atoms with van der Waals surface area (Å²) in [6, 6.07) is 15.7. The monoisotopic (exact) mass is 427 g/mol. The third kappa shape index (κ3) is 8.92. The van der Waals surface area contributed by atoms with Gasteiger partial charge in [0.05, 0.1) is 0 Å². The molecule has 0 bridgehead atoms. The number of carbonyl (C=O) groups excluding carboxylic acids is 2. The van der Waals surface area contributed by atoms with Gasteiger partial charge in [-0.05, 0) is 48.2 Å². The molecule has 2 rings (SSSR count). The van der Waals surface area contributed by atoms with Gasteiger partial charge in [0.15, 0.2) is 6.61 Å². The van der Waals surface area contributed by atoms with Crippen LogP contribution in [0, 0.1) is 5.92 Å². The van der Waals surface area contributed by atoms with Gasteiger partial charge in [-0.1, -0.05) is 61.9 Å². The molecule has 0 saturated carbocycles. The Morgan fingerprint density at radius 2 is 1.80 bits per heavy atom. The average molecular weight is 428 g/mol. The summed E-state index contributed by atoms with van der Waals surface area (Å²) in [5, 5.41) is 7.20. The van der Waals surface area contributed by atoms with Crippen LogP contribution in [0.3, 0.4) is 0 Å². The predicted molar refractivity (Wildman–Crippen MR) is 120 cm³/mol. The third-order valence-electron chi connectivity index (χ3n) is 3.97. The molecular formula is C23H26ClN3O3. The molecule has 0 unspecified atom stereocenters. The Bertz CT molecular complexity index is 865. The molecule has 2 amide bonds. The Hall–Kier alpha value is -3.12. The van der Waals surface area contributed by atoms with Crippen molar-refractivity contribution in [2.75, 3.05) is 6.61 Å². The van der Waals surface area contributed by atoms with E-state index in [0.717, 1.165) is 5.56 Å². The van der Waals surface area contributed by atoms with E-state index in [0.29, 0.717) is 17.2 Å². The van der Waals surface area contributed by atoms with Crippen molar-refractivity contribution in [3.05, 3.63) is 71.3 Å². The SMILES string of the molecule is CC(C)C[C@H](NC(=O)COc1ccc(Cl)cc1)C(=O)N/N=C\C=C\c1ccccc1. The van der Waals surface area contributed by atoms with Gasteiger partial charge in [-0.25, -0.2) is 5.43 Å². The van der Waals surface area contributed by atoms with Gasteiger partial charge in [0.25, 0.3) is 11.8 Å². The maximum Gasteiger partial charge on any atom is 0.262 e.